The van der Waals surface area contributed by atoms with Gasteiger partial charge in [0.25, 0.3) is 0 Å². The van der Waals surface area contributed by atoms with E-state index in [4.69, 9.17) is 0 Å². The van der Waals surface area contributed by atoms with Crippen molar-refractivity contribution in [2.45, 2.75) is 31.9 Å². The van der Waals surface area contributed by atoms with Crippen LogP contribution in [-0.4, -0.2) is 18.6 Å². The topological polar surface area (TPSA) is 41.1 Å². The van der Waals surface area contributed by atoms with E-state index in [2.05, 4.69) is 10.6 Å². The lowest BCUT2D eigenvalue weighted by Crippen LogP contribution is -2.17. The molecular formula is C13H16ClF3N2O. The Morgan fingerprint density at radius 2 is 2.10 bits per heavy atom. The zero-order valence-corrected chi connectivity index (χ0v) is 11.5. The van der Waals surface area contributed by atoms with Crippen LogP contribution in [0.25, 0.3) is 0 Å². The zero-order valence-electron chi connectivity index (χ0n) is 10.7. The fourth-order valence-corrected chi connectivity index (χ4v) is 2.03. The van der Waals surface area contributed by atoms with Crippen molar-refractivity contribution < 1.29 is 18.0 Å². The first-order valence-corrected chi connectivity index (χ1v) is 6.17. The van der Waals surface area contributed by atoms with Crippen molar-refractivity contribution in [3.05, 3.63) is 23.8 Å². The normalized spacial score (nSPS) is 13.8. The number of benzene rings is 1. The van der Waals surface area contributed by atoms with Gasteiger partial charge in [0, 0.05) is 24.3 Å². The van der Waals surface area contributed by atoms with Gasteiger partial charge in [0.1, 0.15) is 0 Å². The van der Waals surface area contributed by atoms with E-state index in [0.717, 1.165) is 30.6 Å². The fraction of sp³-hybridized carbons (Fsp3) is 0.462. The summed E-state index contributed by atoms with van der Waals surface area (Å²) in [4.78, 5) is 11.4. The summed E-state index contributed by atoms with van der Waals surface area (Å²) in [5, 5.41) is 5.72. The molecule has 0 atom stereocenters. The second kappa shape index (κ2) is 6.83. The third-order valence-electron chi connectivity index (χ3n) is 2.96. The summed E-state index contributed by atoms with van der Waals surface area (Å²) >= 11 is 0. The van der Waals surface area contributed by atoms with Crippen molar-refractivity contribution >= 4 is 29.7 Å². The summed E-state index contributed by atoms with van der Waals surface area (Å²) in [6, 6.07) is 5.35. The van der Waals surface area contributed by atoms with Crippen LogP contribution < -0.4 is 10.6 Å². The van der Waals surface area contributed by atoms with Gasteiger partial charge in [-0.2, -0.15) is 13.2 Å². The standard InChI is InChI=1S/C13H15F3N2O.ClH/c14-13(15,16)6-5-12(19)18-10-3-4-11-9(8-10)2-1-7-17-11;/h3-4,8,17H,1-2,5-7H2,(H,18,19);1H. The van der Waals surface area contributed by atoms with Gasteiger partial charge in [-0.25, -0.2) is 0 Å². The van der Waals surface area contributed by atoms with E-state index in [9.17, 15) is 18.0 Å². The maximum atomic E-state index is 12.0. The van der Waals surface area contributed by atoms with Crippen LogP contribution in [0.4, 0.5) is 24.5 Å². The van der Waals surface area contributed by atoms with Gasteiger partial charge in [-0.1, -0.05) is 0 Å². The lowest BCUT2D eigenvalue weighted by molar-refractivity contribution is -0.142. The Balaban J connectivity index is 0.00000200. The zero-order chi connectivity index (χ0) is 13.9. The van der Waals surface area contributed by atoms with E-state index < -0.39 is 24.9 Å². The van der Waals surface area contributed by atoms with E-state index in [0.29, 0.717) is 5.69 Å². The van der Waals surface area contributed by atoms with E-state index >= 15 is 0 Å². The van der Waals surface area contributed by atoms with E-state index in [1.807, 2.05) is 12.1 Å². The second-order valence-corrected chi connectivity index (χ2v) is 4.57. The first-order chi connectivity index (χ1) is 8.94. The number of carbonyl (C=O) groups excluding carboxylic acids is 1. The number of hydrogen-bond acceptors (Lipinski definition) is 2. The molecule has 3 nitrogen and oxygen atoms in total. The van der Waals surface area contributed by atoms with Gasteiger partial charge in [-0.15, -0.1) is 12.4 Å². The molecule has 1 aromatic carbocycles. The average Bonchev–Trinajstić information content (AvgIpc) is 2.35. The Labute approximate surface area is 121 Å². The predicted octanol–water partition coefficient (Wildman–Crippen LogP) is 3.75. The molecule has 2 rings (SSSR count). The first kappa shape index (κ1) is 16.6. The van der Waals surface area contributed by atoms with Crippen LogP contribution in [-0.2, 0) is 11.2 Å². The van der Waals surface area contributed by atoms with Crippen LogP contribution in [0.5, 0.6) is 0 Å². The van der Waals surface area contributed by atoms with Crippen molar-refractivity contribution in [1.29, 1.82) is 0 Å². The molecule has 20 heavy (non-hydrogen) atoms. The van der Waals surface area contributed by atoms with Gasteiger partial charge in [-0.05, 0) is 36.6 Å². The Bertz CT molecular complexity index is 477. The number of halogens is 4. The Kier molecular flexibility index (Phi) is 5.68. The first-order valence-electron chi connectivity index (χ1n) is 6.17. The summed E-state index contributed by atoms with van der Waals surface area (Å²) in [6.07, 6.45) is -4.01. The van der Waals surface area contributed by atoms with Gasteiger partial charge in [0.2, 0.25) is 5.91 Å². The Morgan fingerprint density at radius 3 is 2.80 bits per heavy atom. The van der Waals surface area contributed by atoms with Crippen LogP contribution >= 0.6 is 12.4 Å². The minimum atomic E-state index is -4.29. The monoisotopic (exact) mass is 308 g/mol. The molecule has 0 radical (unpaired) electrons. The summed E-state index contributed by atoms with van der Waals surface area (Å²) in [7, 11) is 0. The highest BCUT2D eigenvalue weighted by Gasteiger charge is 2.27. The van der Waals surface area contributed by atoms with Crippen molar-refractivity contribution in [2.24, 2.45) is 0 Å². The maximum Gasteiger partial charge on any atom is 0.389 e. The summed E-state index contributed by atoms with van der Waals surface area (Å²) in [5.41, 5.74) is 2.66. The van der Waals surface area contributed by atoms with Crippen LogP contribution in [0.15, 0.2) is 18.2 Å². The molecule has 1 aromatic rings. The summed E-state index contributed by atoms with van der Waals surface area (Å²) < 4.78 is 36.0. The molecule has 0 fully saturated rings. The smallest absolute Gasteiger partial charge is 0.385 e. The van der Waals surface area contributed by atoms with Crippen LogP contribution in [0.2, 0.25) is 0 Å². The second-order valence-electron chi connectivity index (χ2n) is 4.57. The number of rotatable bonds is 3. The van der Waals surface area contributed by atoms with Gasteiger partial charge < -0.3 is 10.6 Å². The number of amides is 1. The van der Waals surface area contributed by atoms with Crippen LogP contribution in [0.3, 0.4) is 0 Å². The molecule has 1 amide bonds. The van der Waals surface area contributed by atoms with Gasteiger partial charge in [0.15, 0.2) is 0 Å². The van der Waals surface area contributed by atoms with E-state index in [1.54, 1.807) is 6.07 Å². The van der Waals surface area contributed by atoms with Gasteiger partial charge in [0.05, 0.1) is 6.42 Å². The molecule has 1 heterocycles. The molecule has 0 saturated carbocycles. The minimum Gasteiger partial charge on any atom is -0.385 e. The molecule has 2 N–H and O–H groups in total. The van der Waals surface area contributed by atoms with Crippen molar-refractivity contribution in [3.63, 3.8) is 0 Å². The number of carbonyl (C=O) groups is 1. The molecule has 0 spiro atoms. The van der Waals surface area contributed by atoms with Crippen molar-refractivity contribution in [3.8, 4) is 0 Å². The molecule has 0 bridgehead atoms. The van der Waals surface area contributed by atoms with Crippen LogP contribution in [0, 0.1) is 0 Å². The van der Waals surface area contributed by atoms with Gasteiger partial charge in [-0.3, -0.25) is 4.79 Å². The minimum absolute atomic E-state index is 0. The highest BCUT2D eigenvalue weighted by Crippen LogP contribution is 2.26. The van der Waals surface area contributed by atoms with E-state index in [1.165, 1.54) is 0 Å². The fourth-order valence-electron chi connectivity index (χ4n) is 2.03. The largest absolute Gasteiger partial charge is 0.389 e. The average molecular weight is 309 g/mol. The van der Waals surface area contributed by atoms with Gasteiger partial charge >= 0.3 is 6.18 Å². The lowest BCUT2D eigenvalue weighted by Gasteiger charge is -2.18. The number of fused-ring (bicyclic) bond motifs is 1. The number of aryl methyl sites for hydroxylation is 1. The molecule has 7 heteroatoms. The number of hydrogen-bond donors (Lipinski definition) is 2. The summed E-state index contributed by atoms with van der Waals surface area (Å²) in [6.45, 7) is 0.921. The predicted molar refractivity (Wildman–Crippen MR) is 74.4 cm³/mol. The van der Waals surface area contributed by atoms with Crippen molar-refractivity contribution in [2.75, 3.05) is 17.2 Å². The summed E-state index contributed by atoms with van der Waals surface area (Å²) in [5.74, 6) is -0.610. The van der Waals surface area contributed by atoms with E-state index in [-0.39, 0.29) is 12.4 Å². The highest BCUT2D eigenvalue weighted by atomic mass is 35.5. The lowest BCUT2D eigenvalue weighted by atomic mass is 10.0. The van der Waals surface area contributed by atoms with Crippen molar-refractivity contribution in [1.82, 2.24) is 0 Å². The molecule has 112 valence electrons. The molecule has 1 aliphatic rings. The molecule has 0 aliphatic carbocycles. The Hall–Kier alpha value is -1.43. The highest BCUT2D eigenvalue weighted by molar-refractivity contribution is 5.91. The molecular weight excluding hydrogens is 293 g/mol. The molecule has 0 aromatic heterocycles. The Morgan fingerprint density at radius 1 is 1.35 bits per heavy atom. The quantitative estimate of drug-likeness (QED) is 0.893. The number of nitrogens with one attached hydrogen (secondary N) is 2. The maximum absolute atomic E-state index is 12.0. The molecule has 0 saturated heterocycles. The number of alkyl halides is 3. The molecule has 1 aliphatic heterocycles. The SMILES string of the molecule is Cl.O=C(CCC(F)(F)F)Nc1ccc2c(c1)CCCN2. The third-order valence-corrected chi connectivity index (χ3v) is 2.96. The molecule has 0 unspecified atom stereocenters. The van der Waals surface area contributed by atoms with Crippen LogP contribution in [0.1, 0.15) is 24.8 Å². The third kappa shape index (κ3) is 4.92. The number of anilines is 2.